The number of hydrogen-bond donors (Lipinski definition) is 0. The van der Waals surface area contributed by atoms with Gasteiger partial charge in [-0.1, -0.05) is 0 Å². The lowest BCUT2D eigenvalue weighted by atomic mass is 10.5. The highest BCUT2D eigenvalue weighted by Gasteiger charge is 2.39. The third-order valence-corrected chi connectivity index (χ3v) is 2.61. The summed E-state index contributed by atoms with van der Waals surface area (Å²) < 4.78 is 42.7. The van der Waals surface area contributed by atoms with Crippen LogP contribution in [-0.2, 0) is 0 Å². The van der Waals surface area contributed by atoms with Crippen LogP contribution in [0.25, 0.3) is 0 Å². The first kappa shape index (κ1) is 14.1. The van der Waals surface area contributed by atoms with Crippen LogP contribution in [0.4, 0.5) is 19.1 Å². The smallest absolute Gasteiger partial charge is 0.406 e. The van der Waals surface area contributed by atoms with Gasteiger partial charge in [-0.3, -0.25) is 0 Å². The molecular weight excluding hydrogens is 285 g/mol. The molecule has 5 nitrogen and oxygen atoms in total. The SMILES string of the molecule is CCOc1nc(Cl)nc(N(CC(F)(F)F)C2CC2)n1. The number of anilines is 1. The summed E-state index contributed by atoms with van der Waals surface area (Å²) in [6.45, 7) is 0.901. The zero-order valence-corrected chi connectivity index (χ0v) is 10.9. The van der Waals surface area contributed by atoms with Gasteiger partial charge in [0.05, 0.1) is 6.61 Å². The molecule has 1 aromatic rings. The Balaban J connectivity index is 2.25. The molecule has 9 heteroatoms. The first-order valence-electron chi connectivity index (χ1n) is 5.77. The second kappa shape index (κ2) is 5.36. The lowest BCUT2D eigenvalue weighted by Crippen LogP contribution is -2.37. The van der Waals surface area contributed by atoms with Gasteiger partial charge in [0.15, 0.2) is 0 Å². The van der Waals surface area contributed by atoms with E-state index in [1.807, 2.05) is 0 Å². The minimum absolute atomic E-state index is 0.0645. The predicted octanol–water partition coefficient (Wildman–Crippen LogP) is 2.45. The van der Waals surface area contributed by atoms with E-state index in [2.05, 4.69) is 15.0 Å². The van der Waals surface area contributed by atoms with Crippen LogP contribution in [0.2, 0.25) is 5.28 Å². The van der Waals surface area contributed by atoms with Crippen molar-refractivity contribution in [2.75, 3.05) is 18.1 Å². The van der Waals surface area contributed by atoms with Crippen molar-refractivity contribution in [3.8, 4) is 6.01 Å². The topological polar surface area (TPSA) is 51.1 Å². The number of aromatic nitrogens is 3. The van der Waals surface area contributed by atoms with Gasteiger partial charge < -0.3 is 9.64 Å². The normalized spacial score (nSPS) is 15.4. The van der Waals surface area contributed by atoms with Gasteiger partial charge in [-0.05, 0) is 31.4 Å². The number of alkyl halides is 3. The van der Waals surface area contributed by atoms with Crippen molar-refractivity contribution in [3.05, 3.63) is 5.28 Å². The zero-order valence-electron chi connectivity index (χ0n) is 10.1. The molecule has 1 aliphatic carbocycles. The summed E-state index contributed by atoms with van der Waals surface area (Å²) in [4.78, 5) is 12.4. The maximum atomic E-state index is 12.6. The molecule has 1 heterocycles. The van der Waals surface area contributed by atoms with E-state index in [0.29, 0.717) is 19.4 Å². The van der Waals surface area contributed by atoms with Crippen LogP contribution in [-0.4, -0.2) is 40.3 Å². The Hall–Kier alpha value is -1.31. The van der Waals surface area contributed by atoms with Gasteiger partial charge in [0.25, 0.3) is 0 Å². The van der Waals surface area contributed by atoms with Crippen molar-refractivity contribution < 1.29 is 17.9 Å². The highest BCUT2D eigenvalue weighted by Crippen LogP contribution is 2.33. The van der Waals surface area contributed by atoms with Crippen molar-refractivity contribution in [1.29, 1.82) is 0 Å². The van der Waals surface area contributed by atoms with Crippen LogP contribution < -0.4 is 9.64 Å². The molecule has 2 rings (SSSR count). The van der Waals surface area contributed by atoms with E-state index < -0.39 is 12.7 Å². The summed E-state index contributed by atoms with van der Waals surface area (Å²) >= 11 is 5.68. The zero-order chi connectivity index (χ0) is 14.0. The Bertz CT molecular complexity index is 453. The quantitative estimate of drug-likeness (QED) is 0.835. The molecule has 1 saturated carbocycles. The Labute approximate surface area is 112 Å². The van der Waals surface area contributed by atoms with Gasteiger partial charge >= 0.3 is 12.2 Å². The maximum absolute atomic E-state index is 12.6. The predicted molar refractivity (Wildman–Crippen MR) is 62.4 cm³/mol. The summed E-state index contributed by atoms with van der Waals surface area (Å²) in [5.74, 6) is -0.0942. The van der Waals surface area contributed by atoms with Crippen molar-refractivity contribution in [1.82, 2.24) is 15.0 Å². The molecule has 1 fully saturated rings. The van der Waals surface area contributed by atoms with Crippen LogP contribution in [0.1, 0.15) is 19.8 Å². The molecule has 0 N–H and O–H groups in total. The third-order valence-electron chi connectivity index (χ3n) is 2.44. The van der Waals surface area contributed by atoms with E-state index in [4.69, 9.17) is 16.3 Å². The highest BCUT2D eigenvalue weighted by atomic mass is 35.5. The van der Waals surface area contributed by atoms with Crippen LogP contribution in [0.15, 0.2) is 0 Å². The molecule has 0 saturated heterocycles. The van der Waals surface area contributed by atoms with Crippen molar-refractivity contribution in [2.24, 2.45) is 0 Å². The fourth-order valence-electron chi connectivity index (χ4n) is 1.59. The van der Waals surface area contributed by atoms with E-state index in [1.54, 1.807) is 6.92 Å². The van der Waals surface area contributed by atoms with E-state index in [-0.39, 0.29) is 23.3 Å². The van der Waals surface area contributed by atoms with Gasteiger partial charge in [0.1, 0.15) is 6.54 Å². The lowest BCUT2D eigenvalue weighted by molar-refractivity contribution is -0.120. The summed E-state index contributed by atoms with van der Waals surface area (Å²) in [6, 6.07) is -0.264. The summed E-state index contributed by atoms with van der Waals surface area (Å²) in [5.41, 5.74) is 0. The Morgan fingerprint density at radius 2 is 2.00 bits per heavy atom. The lowest BCUT2D eigenvalue weighted by Gasteiger charge is -2.23. The average Bonchev–Trinajstić information content (AvgIpc) is 3.08. The van der Waals surface area contributed by atoms with E-state index in [1.165, 1.54) is 0 Å². The number of ether oxygens (including phenoxy) is 1. The standard InChI is InChI=1S/C10H12ClF3N4O/c1-2-19-9-16-7(11)15-8(17-9)18(6-3-4-6)5-10(12,13)14/h6H,2-5H2,1H3. The third kappa shape index (κ3) is 4.09. The van der Waals surface area contributed by atoms with Crippen LogP contribution in [0, 0.1) is 0 Å². The molecule has 0 aromatic carbocycles. The van der Waals surface area contributed by atoms with E-state index >= 15 is 0 Å². The first-order chi connectivity index (χ1) is 8.89. The molecular formula is C10H12ClF3N4O. The van der Waals surface area contributed by atoms with Gasteiger partial charge in [-0.15, -0.1) is 0 Å². The minimum atomic E-state index is -4.33. The molecule has 0 amide bonds. The largest absolute Gasteiger partial charge is 0.464 e. The highest BCUT2D eigenvalue weighted by molar-refractivity contribution is 6.28. The van der Waals surface area contributed by atoms with Gasteiger partial charge in [-0.2, -0.15) is 28.1 Å². The summed E-state index contributed by atoms with van der Waals surface area (Å²) in [5, 5.41) is -0.179. The first-order valence-corrected chi connectivity index (χ1v) is 6.14. The molecule has 0 radical (unpaired) electrons. The minimum Gasteiger partial charge on any atom is -0.464 e. The Kier molecular flexibility index (Phi) is 3.98. The Morgan fingerprint density at radius 1 is 1.32 bits per heavy atom. The van der Waals surface area contributed by atoms with Gasteiger partial charge in [0, 0.05) is 6.04 Å². The monoisotopic (exact) mass is 296 g/mol. The van der Waals surface area contributed by atoms with Crippen molar-refractivity contribution in [2.45, 2.75) is 32.0 Å². The van der Waals surface area contributed by atoms with E-state index in [9.17, 15) is 13.2 Å². The number of nitrogens with zero attached hydrogens (tertiary/aromatic N) is 4. The molecule has 0 aliphatic heterocycles. The van der Waals surface area contributed by atoms with E-state index in [0.717, 1.165) is 4.90 Å². The second-order valence-corrected chi connectivity index (χ2v) is 4.43. The molecule has 0 spiro atoms. The second-order valence-electron chi connectivity index (χ2n) is 4.09. The summed E-state index contributed by atoms with van der Waals surface area (Å²) in [7, 11) is 0. The summed E-state index contributed by atoms with van der Waals surface area (Å²) in [6.07, 6.45) is -2.96. The maximum Gasteiger partial charge on any atom is 0.406 e. The molecule has 19 heavy (non-hydrogen) atoms. The molecule has 106 valence electrons. The van der Waals surface area contributed by atoms with Crippen LogP contribution >= 0.6 is 11.6 Å². The number of hydrogen-bond acceptors (Lipinski definition) is 5. The van der Waals surface area contributed by atoms with Crippen molar-refractivity contribution in [3.63, 3.8) is 0 Å². The fraction of sp³-hybridized carbons (Fsp3) is 0.700. The Morgan fingerprint density at radius 3 is 2.53 bits per heavy atom. The molecule has 0 atom stereocenters. The van der Waals surface area contributed by atoms with Gasteiger partial charge in [-0.25, -0.2) is 0 Å². The molecule has 0 unspecified atom stereocenters. The fourth-order valence-corrected chi connectivity index (χ4v) is 1.73. The molecule has 1 aliphatic rings. The van der Waals surface area contributed by atoms with Crippen LogP contribution in [0.5, 0.6) is 6.01 Å². The molecule has 1 aromatic heterocycles. The van der Waals surface area contributed by atoms with Crippen LogP contribution in [0.3, 0.4) is 0 Å². The molecule has 0 bridgehead atoms. The van der Waals surface area contributed by atoms with Crippen molar-refractivity contribution >= 4 is 17.5 Å². The number of rotatable bonds is 5. The van der Waals surface area contributed by atoms with Gasteiger partial charge in [0.2, 0.25) is 11.2 Å². The average molecular weight is 297 g/mol. The number of halogens is 4.